The second-order valence-electron chi connectivity index (χ2n) is 5.82. The van der Waals surface area contributed by atoms with Crippen LogP contribution in [0, 0.1) is 0 Å². The second kappa shape index (κ2) is 11.1. The maximum Gasteiger partial charge on any atom is 0.222 e. The quantitative estimate of drug-likeness (QED) is 0.661. The van der Waals surface area contributed by atoms with Crippen LogP contribution in [-0.4, -0.2) is 60.1 Å². The second-order valence-corrected chi connectivity index (χ2v) is 5.82. The maximum absolute atomic E-state index is 12.2. The molecule has 0 saturated carbocycles. The van der Waals surface area contributed by atoms with Crippen molar-refractivity contribution in [2.24, 2.45) is 0 Å². The third-order valence-electron chi connectivity index (χ3n) is 4.10. The molecule has 1 saturated heterocycles. The minimum absolute atomic E-state index is 0.214. The van der Waals surface area contributed by atoms with Crippen LogP contribution in [0.25, 0.3) is 0 Å². The summed E-state index contributed by atoms with van der Waals surface area (Å²) in [5, 5.41) is 8.97. The first-order valence-corrected chi connectivity index (χ1v) is 8.39. The van der Waals surface area contributed by atoms with E-state index in [0.717, 1.165) is 45.6 Å². The Balaban J connectivity index is 2.13. The Hall–Kier alpha value is -0.610. The average molecular weight is 284 g/mol. The van der Waals surface area contributed by atoms with E-state index in [1.807, 2.05) is 4.90 Å². The molecule has 0 aromatic carbocycles. The molecule has 0 unspecified atom stereocenters. The summed E-state index contributed by atoms with van der Waals surface area (Å²) in [5.74, 6) is 0.325. The van der Waals surface area contributed by atoms with Crippen LogP contribution in [0.15, 0.2) is 0 Å². The molecule has 1 aliphatic rings. The van der Waals surface area contributed by atoms with E-state index in [-0.39, 0.29) is 6.61 Å². The molecule has 1 rings (SSSR count). The highest BCUT2D eigenvalue weighted by atomic mass is 16.3. The molecule has 1 fully saturated rings. The van der Waals surface area contributed by atoms with Gasteiger partial charge in [0.1, 0.15) is 0 Å². The fourth-order valence-electron chi connectivity index (χ4n) is 2.80. The fourth-order valence-corrected chi connectivity index (χ4v) is 2.80. The molecular formula is C16H32N2O2. The van der Waals surface area contributed by atoms with E-state index in [1.54, 1.807) is 0 Å². The standard InChI is InChI=1S/C16H32N2O2/c1-2-3-4-5-6-7-9-16(20)18-11-8-10-17(12-13-18)14-15-19/h19H,2-15H2,1H3. The number of nitrogens with zero attached hydrogens (tertiary/aromatic N) is 2. The molecule has 0 aromatic rings. The fraction of sp³-hybridized carbons (Fsp3) is 0.938. The molecule has 1 aliphatic heterocycles. The number of hydrogen-bond donors (Lipinski definition) is 1. The van der Waals surface area contributed by atoms with Crippen molar-refractivity contribution in [2.75, 3.05) is 39.3 Å². The zero-order chi connectivity index (χ0) is 14.6. The Morgan fingerprint density at radius 2 is 1.75 bits per heavy atom. The third-order valence-corrected chi connectivity index (χ3v) is 4.10. The molecule has 0 spiro atoms. The van der Waals surface area contributed by atoms with Crippen LogP contribution in [0.2, 0.25) is 0 Å². The summed E-state index contributed by atoms with van der Waals surface area (Å²) in [7, 11) is 0. The highest BCUT2D eigenvalue weighted by Crippen LogP contribution is 2.10. The predicted octanol–water partition coefficient (Wildman–Crippen LogP) is 2.26. The zero-order valence-corrected chi connectivity index (χ0v) is 13.1. The largest absolute Gasteiger partial charge is 0.395 e. The number of carbonyl (C=O) groups is 1. The van der Waals surface area contributed by atoms with Gasteiger partial charge in [-0.05, 0) is 19.4 Å². The van der Waals surface area contributed by atoms with Gasteiger partial charge in [0.2, 0.25) is 5.91 Å². The molecule has 0 radical (unpaired) electrons. The van der Waals surface area contributed by atoms with Gasteiger partial charge in [-0.3, -0.25) is 9.69 Å². The molecule has 118 valence electrons. The molecule has 0 aliphatic carbocycles. The van der Waals surface area contributed by atoms with Crippen molar-refractivity contribution in [3.63, 3.8) is 0 Å². The Morgan fingerprint density at radius 1 is 1.00 bits per heavy atom. The lowest BCUT2D eigenvalue weighted by atomic mass is 10.1. The van der Waals surface area contributed by atoms with E-state index in [1.165, 1.54) is 32.1 Å². The number of hydrogen-bond acceptors (Lipinski definition) is 3. The Morgan fingerprint density at radius 3 is 2.50 bits per heavy atom. The smallest absolute Gasteiger partial charge is 0.222 e. The van der Waals surface area contributed by atoms with Gasteiger partial charge in [-0.25, -0.2) is 0 Å². The van der Waals surface area contributed by atoms with Gasteiger partial charge in [0.25, 0.3) is 0 Å². The zero-order valence-electron chi connectivity index (χ0n) is 13.1. The highest BCUT2D eigenvalue weighted by molar-refractivity contribution is 5.76. The maximum atomic E-state index is 12.2. The molecule has 1 amide bonds. The van der Waals surface area contributed by atoms with Gasteiger partial charge in [0.15, 0.2) is 0 Å². The van der Waals surface area contributed by atoms with E-state index in [4.69, 9.17) is 5.11 Å². The Bertz CT molecular complexity index is 259. The van der Waals surface area contributed by atoms with Gasteiger partial charge in [-0.1, -0.05) is 39.0 Å². The first kappa shape index (κ1) is 17.4. The van der Waals surface area contributed by atoms with Crippen LogP contribution < -0.4 is 0 Å². The highest BCUT2D eigenvalue weighted by Gasteiger charge is 2.18. The van der Waals surface area contributed by atoms with Gasteiger partial charge in [-0.2, -0.15) is 0 Å². The molecule has 4 heteroatoms. The molecule has 0 atom stereocenters. The summed E-state index contributed by atoms with van der Waals surface area (Å²) in [6.07, 6.45) is 9.15. The number of rotatable bonds is 9. The van der Waals surface area contributed by atoms with E-state index >= 15 is 0 Å². The number of unbranched alkanes of at least 4 members (excludes halogenated alkanes) is 5. The van der Waals surface area contributed by atoms with Gasteiger partial charge in [0.05, 0.1) is 6.61 Å². The minimum Gasteiger partial charge on any atom is -0.395 e. The number of amides is 1. The van der Waals surface area contributed by atoms with E-state index in [0.29, 0.717) is 12.3 Å². The van der Waals surface area contributed by atoms with Crippen LogP contribution in [0.5, 0.6) is 0 Å². The topological polar surface area (TPSA) is 43.8 Å². The molecule has 0 aromatic heterocycles. The van der Waals surface area contributed by atoms with Gasteiger partial charge < -0.3 is 10.0 Å². The lowest BCUT2D eigenvalue weighted by molar-refractivity contribution is -0.131. The van der Waals surface area contributed by atoms with Crippen molar-refractivity contribution < 1.29 is 9.90 Å². The average Bonchev–Trinajstić information content (AvgIpc) is 2.68. The normalized spacial score (nSPS) is 17.2. The van der Waals surface area contributed by atoms with Crippen molar-refractivity contribution in [2.45, 2.75) is 58.3 Å². The molecule has 1 heterocycles. The lowest BCUT2D eigenvalue weighted by Crippen LogP contribution is -2.35. The number of aliphatic hydroxyl groups is 1. The summed E-state index contributed by atoms with van der Waals surface area (Å²) in [5.41, 5.74) is 0. The summed E-state index contributed by atoms with van der Waals surface area (Å²) < 4.78 is 0. The van der Waals surface area contributed by atoms with E-state index < -0.39 is 0 Å². The van der Waals surface area contributed by atoms with Crippen molar-refractivity contribution in [3.8, 4) is 0 Å². The van der Waals surface area contributed by atoms with Crippen LogP contribution in [0.4, 0.5) is 0 Å². The third kappa shape index (κ3) is 7.25. The summed E-state index contributed by atoms with van der Waals surface area (Å²) in [6, 6.07) is 0. The summed E-state index contributed by atoms with van der Waals surface area (Å²) in [4.78, 5) is 16.4. The summed E-state index contributed by atoms with van der Waals surface area (Å²) in [6.45, 7) is 6.80. The van der Waals surface area contributed by atoms with E-state index in [9.17, 15) is 4.79 Å². The van der Waals surface area contributed by atoms with Crippen LogP contribution >= 0.6 is 0 Å². The molecule has 1 N–H and O–H groups in total. The van der Waals surface area contributed by atoms with Gasteiger partial charge >= 0.3 is 0 Å². The van der Waals surface area contributed by atoms with Crippen LogP contribution in [-0.2, 0) is 4.79 Å². The molecule has 20 heavy (non-hydrogen) atoms. The molecule has 0 bridgehead atoms. The number of β-amino-alcohol motifs (C(OH)–C–C–N with tert-alkyl or cyclic N) is 1. The van der Waals surface area contributed by atoms with Crippen LogP contribution in [0.3, 0.4) is 0 Å². The van der Waals surface area contributed by atoms with Crippen LogP contribution in [0.1, 0.15) is 58.3 Å². The van der Waals surface area contributed by atoms with Gasteiger partial charge in [0, 0.05) is 32.6 Å². The summed E-state index contributed by atoms with van der Waals surface area (Å²) >= 11 is 0. The predicted molar refractivity (Wildman–Crippen MR) is 82.7 cm³/mol. The number of aliphatic hydroxyl groups excluding tert-OH is 1. The number of carbonyl (C=O) groups excluding carboxylic acids is 1. The molecular weight excluding hydrogens is 252 g/mol. The Kier molecular flexibility index (Phi) is 9.67. The van der Waals surface area contributed by atoms with Crippen molar-refractivity contribution in [1.82, 2.24) is 9.80 Å². The monoisotopic (exact) mass is 284 g/mol. The van der Waals surface area contributed by atoms with Crippen molar-refractivity contribution >= 4 is 5.91 Å². The lowest BCUT2D eigenvalue weighted by Gasteiger charge is -2.21. The van der Waals surface area contributed by atoms with Gasteiger partial charge in [-0.15, -0.1) is 0 Å². The van der Waals surface area contributed by atoms with Crippen molar-refractivity contribution in [1.29, 1.82) is 0 Å². The molecule has 4 nitrogen and oxygen atoms in total. The SMILES string of the molecule is CCCCCCCCC(=O)N1CCCN(CCO)CC1. The van der Waals surface area contributed by atoms with Crippen molar-refractivity contribution in [3.05, 3.63) is 0 Å². The Labute approximate surface area is 124 Å². The first-order valence-electron chi connectivity index (χ1n) is 8.39. The first-order chi connectivity index (χ1) is 9.77. The van der Waals surface area contributed by atoms with E-state index in [2.05, 4.69) is 11.8 Å². The minimum atomic E-state index is 0.214.